The van der Waals surface area contributed by atoms with Crippen molar-refractivity contribution in [2.75, 3.05) is 13.1 Å². The van der Waals surface area contributed by atoms with Crippen molar-refractivity contribution < 1.29 is 16.8 Å². The topological polar surface area (TPSA) is 118 Å². The molecular weight excluding hydrogens is 496 g/mol. The largest absolute Gasteiger partial charge is 0.255 e. The molecule has 2 N–H and O–H groups in total. The molecule has 0 unspecified atom stereocenters. The molecule has 2 heterocycles. The van der Waals surface area contributed by atoms with Gasteiger partial charge in [0.05, 0.1) is 11.0 Å². The Kier molecular flexibility index (Phi) is 8.63. The van der Waals surface area contributed by atoms with Gasteiger partial charge in [0.1, 0.15) is 9.79 Å². The van der Waals surface area contributed by atoms with E-state index in [0.29, 0.717) is 24.1 Å². The van der Waals surface area contributed by atoms with Crippen LogP contribution in [0.4, 0.5) is 0 Å². The average molecular weight is 527 g/mol. The first-order valence-electron chi connectivity index (χ1n) is 12.1. The second-order valence-corrected chi connectivity index (χ2v) is 12.1. The number of rotatable bonds is 13. The molecule has 0 saturated carbocycles. The summed E-state index contributed by atoms with van der Waals surface area (Å²) in [6.45, 7) is 0.731. The molecular formula is C26H30N4O4S2. The molecule has 0 aliphatic carbocycles. The van der Waals surface area contributed by atoms with Gasteiger partial charge in [0.2, 0.25) is 20.0 Å². The molecule has 2 aromatic heterocycles. The second-order valence-electron chi connectivity index (χ2n) is 8.58. The van der Waals surface area contributed by atoms with Gasteiger partial charge in [-0.05, 0) is 37.1 Å². The lowest BCUT2D eigenvalue weighted by molar-refractivity contribution is 0.557. The predicted molar refractivity (Wildman–Crippen MR) is 142 cm³/mol. The highest BCUT2D eigenvalue weighted by Crippen LogP contribution is 2.21. The average Bonchev–Trinajstić information content (AvgIpc) is 2.89. The Morgan fingerprint density at radius 3 is 1.36 bits per heavy atom. The van der Waals surface area contributed by atoms with Gasteiger partial charge in [0.25, 0.3) is 0 Å². The van der Waals surface area contributed by atoms with Crippen LogP contribution in [0, 0.1) is 0 Å². The maximum atomic E-state index is 12.7. The van der Waals surface area contributed by atoms with Crippen LogP contribution in [0.5, 0.6) is 0 Å². The van der Waals surface area contributed by atoms with Crippen molar-refractivity contribution in [3.8, 4) is 0 Å². The molecule has 0 atom stereocenters. The van der Waals surface area contributed by atoms with Gasteiger partial charge in [0.15, 0.2) is 0 Å². The number of hydrogen-bond donors (Lipinski definition) is 2. The molecule has 0 spiro atoms. The van der Waals surface area contributed by atoms with Crippen LogP contribution < -0.4 is 9.44 Å². The smallest absolute Gasteiger partial charge is 0.242 e. The van der Waals surface area contributed by atoms with Crippen LogP contribution in [-0.2, 0) is 20.0 Å². The fourth-order valence-corrected chi connectivity index (χ4v) is 6.61. The predicted octanol–water partition coefficient (Wildman–Crippen LogP) is 4.38. The van der Waals surface area contributed by atoms with Crippen LogP contribution in [0.3, 0.4) is 0 Å². The van der Waals surface area contributed by atoms with Gasteiger partial charge in [-0.1, -0.05) is 62.1 Å². The Labute approximate surface area is 212 Å². The van der Waals surface area contributed by atoms with Gasteiger partial charge in [-0.25, -0.2) is 26.3 Å². The number of nitrogens with zero attached hydrogens (tertiary/aromatic N) is 2. The highest BCUT2D eigenvalue weighted by Gasteiger charge is 2.18. The van der Waals surface area contributed by atoms with Crippen LogP contribution in [0.25, 0.3) is 21.8 Å². The molecule has 8 nitrogen and oxygen atoms in total. The van der Waals surface area contributed by atoms with Crippen LogP contribution >= 0.6 is 0 Å². The van der Waals surface area contributed by atoms with Gasteiger partial charge in [-0.3, -0.25) is 9.97 Å². The SMILES string of the molecule is O=S(=O)(NCCCCCCCCNS(=O)(=O)c1cccc2cccnc12)c1cccc2cccnc12. The third-order valence-corrected chi connectivity index (χ3v) is 8.94. The van der Waals surface area contributed by atoms with Crippen LogP contribution in [0.1, 0.15) is 38.5 Å². The standard InChI is InChI=1S/C26H30N4O4S2/c31-35(32,23-15-7-11-21-13-9-17-27-25(21)23)29-19-5-3-1-2-4-6-20-30-36(33,34)24-16-8-12-22-14-10-18-28-26(22)24/h7-18,29-30H,1-6,19-20H2. The lowest BCUT2D eigenvalue weighted by Crippen LogP contribution is -2.25. The summed E-state index contributed by atoms with van der Waals surface area (Å²) < 4.78 is 56.1. The maximum absolute atomic E-state index is 12.7. The van der Waals surface area contributed by atoms with Gasteiger partial charge >= 0.3 is 0 Å². The normalized spacial score (nSPS) is 12.3. The number of unbranched alkanes of at least 4 members (excludes halogenated alkanes) is 5. The molecule has 36 heavy (non-hydrogen) atoms. The third-order valence-electron chi connectivity index (χ3n) is 5.96. The molecule has 0 amide bonds. The maximum Gasteiger partial charge on any atom is 0.242 e. The molecule has 0 radical (unpaired) electrons. The van der Waals surface area contributed by atoms with E-state index in [-0.39, 0.29) is 9.79 Å². The minimum absolute atomic E-state index is 0.197. The molecule has 0 fully saturated rings. The highest BCUT2D eigenvalue weighted by atomic mass is 32.2. The molecule has 4 rings (SSSR count). The van der Waals surface area contributed by atoms with Crippen LogP contribution in [0.15, 0.2) is 82.8 Å². The first-order chi connectivity index (χ1) is 17.4. The lowest BCUT2D eigenvalue weighted by Gasteiger charge is -2.09. The van der Waals surface area contributed by atoms with Crippen molar-refractivity contribution in [2.24, 2.45) is 0 Å². The van der Waals surface area contributed by atoms with E-state index in [2.05, 4.69) is 19.4 Å². The summed E-state index contributed by atoms with van der Waals surface area (Å²) in [7, 11) is -7.25. The Hall–Kier alpha value is -2.92. The molecule has 2 aromatic carbocycles. The zero-order chi connectivity index (χ0) is 25.4. The fraction of sp³-hybridized carbons (Fsp3) is 0.308. The summed E-state index contributed by atoms with van der Waals surface area (Å²) in [5.41, 5.74) is 0.944. The zero-order valence-corrected chi connectivity index (χ0v) is 21.6. The first-order valence-corrected chi connectivity index (χ1v) is 15.0. The Morgan fingerprint density at radius 1 is 0.528 bits per heavy atom. The number of benzene rings is 2. The van der Waals surface area contributed by atoms with E-state index in [1.807, 2.05) is 24.3 Å². The number of pyridine rings is 2. The van der Waals surface area contributed by atoms with E-state index in [1.165, 1.54) is 0 Å². The van der Waals surface area contributed by atoms with Crippen molar-refractivity contribution in [1.82, 2.24) is 19.4 Å². The van der Waals surface area contributed by atoms with E-state index >= 15 is 0 Å². The fourth-order valence-electron chi connectivity index (χ4n) is 4.11. The number of nitrogens with one attached hydrogen (secondary N) is 2. The molecule has 4 aromatic rings. The molecule has 0 aliphatic heterocycles. The minimum atomic E-state index is -3.62. The van der Waals surface area contributed by atoms with E-state index in [4.69, 9.17) is 0 Å². The van der Waals surface area contributed by atoms with E-state index < -0.39 is 20.0 Å². The van der Waals surface area contributed by atoms with Gasteiger partial charge in [-0.15, -0.1) is 0 Å². The first kappa shape index (κ1) is 26.2. The molecule has 0 aliphatic rings. The summed E-state index contributed by atoms with van der Waals surface area (Å²) in [6, 6.07) is 17.5. The Bertz CT molecular complexity index is 1410. The van der Waals surface area contributed by atoms with Gasteiger partial charge in [-0.2, -0.15) is 0 Å². The summed E-state index contributed by atoms with van der Waals surface area (Å²) in [4.78, 5) is 8.84. The number of para-hydroxylation sites is 2. The third kappa shape index (κ3) is 6.44. The van der Waals surface area contributed by atoms with Crippen molar-refractivity contribution in [2.45, 2.75) is 48.3 Å². The molecule has 190 valence electrons. The van der Waals surface area contributed by atoms with E-state index in [0.717, 1.165) is 49.3 Å². The summed E-state index contributed by atoms with van der Waals surface area (Å²) in [6.07, 6.45) is 8.35. The Balaban J connectivity index is 1.13. The molecule has 10 heteroatoms. The Morgan fingerprint density at radius 2 is 0.917 bits per heavy atom. The highest BCUT2D eigenvalue weighted by molar-refractivity contribution is 7.90. The quantitative estimate of drug-likeness (QED) is 0.250. The van der Waals surface area contributed by atoms with E-state index in [1.54, 1.807) is 48.8 Å². The van der Waals surface area contributed by atoms with Crippen LogP contribution in [0.2, 0.25) is 0 Å². The molecule has 0 bridgehead atoms. The monoisotopic (exact) mass is 526 g/mol. The summed E-state index contributed by atoms with van der Waals surface area (Å²) in [5, 5.41) is 1.58. The van der Waals surface area contributed by atoms with Gasteiger partial charge in [0, 0.05) is 36.3 Å². The van der Waals surface area contributed by atoms with Crippen molar-refractivity contribution in [3.05, 3.63) is 73.1 Å². The van der Waals surface area contributed by atoms with Gasteiger partial charge < -0.3 is 0 Å². The number of aromatic nitrogens is 2. The van der Waals surface area contributed by atoms with Crippen molar-refractivity contribution in [1.29, 1.82) is 0 Å². The number of fused-ring (bicyclic) bond motifs is 2. The number of sulfonamides is 2. The number of hydrogen-bond acceptors (Lipinski definition) is 6. The summed E-state index contributed by atoms with van der Waals surface area (Å²) >= 11 is 0. The van der Waals surface area contributed by atoms with E-state index in [9.17, 15) is 16.8 Å². The second kappa shape index (κ2) is 11.9. The zero-order valence-electron chi connectivity index (χ0n) is 19.9. The minimum Gasteiger partial charge on any atom is -0.255 e. The van der Waals surface area contributed by atoms with Crippen LogP contribution in [-0.4, -0.2) is 39.9 Å². The lowest BCUT2D eigenvalue weighted by atomic mass is 10.1. The van der Waals surface area contributed by atoms with Crippen molar-refractivity contribution >= 4 is 41.9 Å². The van der Waals surface area contributed by atoms with Crippen molar-refractivity contribution in [3.63, 3.8) is 0 Å². The molecule has 0 saturated heterocycles. The summed E-state index contributed by atoms with van der Waals surface area (Å²) in [5.74, 6) is 0.